The molecule has 2 unspecified atom stereocenters. The van der Waals surface area contributed by atoms with Gasteiger partial charge < -0.3 is 31.4 Å². The highest BCUT2D eigenvalue weighted by Gasteiger charge is 2.27. The van der Waals surface area contributed by atoms with Gasteiger partial charge in [-0.15, -0.1) is 0 Å². The fraction of sp³-hybridized carbons (Fsp3) is 0.400. The molecule has 198 valence electrons. The number of nitrogens with two attached hydrogens (primary N) is 2. The first kappa shape index (κ1) is 25.1. The second-order valence-electron chi connectivity index (χ2n) is 9.77. The molecule has 6 N–H and O–H groups in total. The first-order valence-corrected chi connectivity index (χ1v) is 13.8. The highest BCUT2D eigenvalue weighted by atomic mass is 35.5. The minimum atomic E-state index is -1.17. The van der Waals surface area contributed by atoms with Crippen LogP contribution < -0.4 is 21.3 Å². The van der Waals surface area contributed by atoms with Crippen molar-refractivity contribution in [2.45, 2.75) is 48.3 Å². The molecule has 2 aliphatic rings. The molecule has 11 nitrogen and oxygen atoms in total. The number of carbonyl (C=O) groups is 1. The summed E-state index contributed by atoms with van der Waals surface area (Å²) in [5, 5.41) is 12.4. The van der Waals surface area contributed by atoms with Crippen molar-refractivity contribution < 1.29 is 9.90 Å². The molecule has 0 spiro atoms. The van der Waals surface area contributed by atoms with Crippen LogP contribution in [0.2, 0.25) is 5.02 Å². The van der Waals surface area contributed by atoms with Gasteiger partial charge in [0.25, 0.3) is 0 Å². The lowest BCUT2D eigenvalue weighted by atomic mass is 10.2. The van der Waals surface area contributed by atoms with E-state index in [1.165, 1.54) is 11.8 Å². The van der Waals surface area contributed by atoms with Gasteiger partial charge in [0, 0.05) is 54.2 Å². The number of rotatable bonds is 6. The number of H-pyrrole nitrogens is 1. The Balaban J connectivity index is 1.41. The standard InChI is InChI=1S/C25H28ClN9O2S/c1-2-16-19(26)18-20(29-16)32-25(33-23(18)35-8-6-13(28)11-35)38-14-3-4-15-17(9-14)30-21(24(36)37)31-22(15)34-7-5-12(27)10-34/h3-4,9,12-13H,2,5-8,10-11,27-28H2,1H3,(H,36,37)(H,29,32,33). The molecule has 3 aromatic heterocycles. The SMILES string of the molecule is CCc1[nH]c2nc(Sc3ccc4c(N5CCC(N)C5)nc(C(=O)O)nc4c3)nc(N3CCC(N)C3)c2c1Cl. The van der Waals surface area contributed by atoms with E-state index in [-0.39, 0.29) is 17.9 Å². The van der Waals surface area contributed by atoms with Crippen molar-refractivity contribution in [2.24, 2.45) is 11.5 Å². The number of aromatic amines is 1. The lowest BCUT2D eigenvalue weighted by molar-refractivity contribution is 0.0684. The molecule has 13 heteroatoms. The number of aryl methyl sites for hydroxylation is 1. The summed E-state index contributed by atoms with van der Waals surface area (Å²) in [5.74, 6) is -0.0495. The summed E-state index contributed by atoms with van der Waals surface area (Å²) < 4.78 is 0. The van der Waals surface area contributed by atoms with Gasteiger partial charge in [-0.25, -0.2) is 24.7 Å². The maximum Gasteiger partial charge on any atom is 0.374 e. The van der Waals surface area contributed by atoms with Crippen molar-refractivity contribution in [1.82, 2.24) is 24.9 Å². The zero-order chi connectivity index (χ0) is 26.6. The molecule has 1 aromatic carbocycles. The Kier molecular flexibility index (Phi) is 6.50. The highest BCUT2D eigenvalue weighted by Crippen LogP contribution is 2.38. The normalized spacial score (nSPS) is 19.8. The maximum atomic E-state index is 11.8. The zero-order valence-electron chi connectivity index (χ0n) is 20.8. The van der Waals surface area contributed by atoms with Crippen LogP contribution in [0.5, 0.6) is 0 Å². The fourth-order valence-corrected chi connectivity index (χ4v) is 6.29. The third-order valence-corrected chi connectivity index (χ3v) is 8.35. The maximum absolute atomic E-state index is 11.8. The Labute approximate surface area is 228 Å². The van der Waals surface area contributed by atoms with E-state index >= 15 is 0 Å². The molecule has 5 heterocycles. The second-order valence-corrected chi connectivity index (χ2v) is 11.2. The number of nitrogens with zero attached hydrogens (tertiary/aromatic N) is 6. The summed E-state index contributed by atoms with van der Waals surface area (Å²) in [6.07, 6.45) is 2.46. The molecule has 2 saturated heterocycles. The number of nitrogens with one attached hydrogen (secondary N) is 1. The average Bonchev–Trinajstić information content (AvgIpc) is 3.61. The van der Waals surface area contributed by atoms with E-state index in [2.05, 4.69) is 19.9 Å². The van der Waals surface area contributed by atoms with Crippen LogP contribution in [0.1, 0.15) is 36.1 Å². The van der Waals surface area contributed by atoms with Gasteiger partial charge in [-0.05, 0) is 49.2 Å². The summed E-state index contributed by atoms with van der Waals surface area (Å²) in [7, 11) is 0. The van der Waals surface area contributed by atoms with Crippen LogP contribution in [0.15, 0.2) is 28.3 Å². The monoisotopic (exact) mass is 553 g/mol. The molecule has 0 radical (unpaired) electrons. The molecule has 6 rings (SSSR count). The van der Waals surface area contributed by atoms with Crippen molar-refractivity contribution >= 4 is 62.9 Å². The zero-order valence-corrected chi connectivity index (χ0v) is 22.4. The molecular weight excluding hydrogens is 526 g/mol. The van der Waals surface area contributed by atoms with E-state index in [4.69, 9.17) is 33.0 Å². The molecule has 2 fully saturated rings. The number of anilines is 2. The number of benzene rings is 1. The van der Waals surface area contributed by atoms with Crippen LogP contribution >= 0.6 is 23.4 Å². The van der Waals surface area contributed by atoms with Crippen molar-refractivity contribution in [3.8, 4) is 0 Å². The van der Waals surface area contributed by atoms with E-state index < -0.39 is 5.97 Å². The quantitative estimate of drug-likeness (QED) is 0.259. The minimum Gasteiger partial charge on any atom is -0.475 e. The summed E-state index contributed by atoms with van der Waals surface area (Å²) in [6.45, 7) is 4.88. The van der Waals surface area contributed by atoms with Crippen LogP contribution in [0.25, 0.3) is 21.9 Å². The molecule has 2 atom stereocenters. The van der Waals surface area contributed by atoms with Gasteiger partial charge in [-0.3, -0.25) is 0 Å². The molecule has 0 bridgehead atoms. The summed E-state index contributed by atoms with van der Waals surface area (Å²) in [4.78, 5) is 38.5. The second kappa shape index (κ2) is 9.84. The van der Waals surface area contributed by atoms with Gasteiger partial charge in [-0.2, -0.15) is 0 Å². The Morgan fingerprint density at radius 2 is 1.82 bits per heavy atom. The highest BCUT2D eigenvalue weighted by molar-refractivity contribution is 7.99. The van der Waals surface area contributed by atoms with Crippen molar-refractivity contribution in [3.63, 3.8) is 0 Å². The third-order valence-electron chi connectivity index (χ3n) is 7.07. The molecule has 38 heavy (non-hydrogen) atoms. The predicted octanol–water partition coefficient (Wildman–Crippen LogP) is 3.04. The van der Waals surface area contributed by atoms with Crippen LogP contribution in [-0.4, -0.2) is 74.3 Å². The Morgan fingerprint density at radius 1 is 1.11 bits per heavy atom. The first-order valence-electron chi connectivity index (χ1n) is 12.6. The molecule has 2 aliphatic heterocycles. The number of carboxylic acids is 1. The smallest absolute Gasteiger partial charge is 0.374 e. The number of fused-ring (bicyclic) bond motifs is 2. The largest absolute Gasteiger partial charge is 0.475 e. The molecule has 0 saturated carbocycles. The third kappa shape index (κ3) is 4.51. The van der Waals surface area contributed by atoms with Crippen LogP contribution in [0.3, 0.4) is 0 Å². The van der Waals surface area contributed by atoms with Crippen molar-refractivity contribution in [2.75, 3.05) is 36.0 Å². The molecular formula is C25H28ClN9O2S. The van der Waals surface area contributed by atoms with Gasteiger partial charge in [-0.1, -0.05) is 18.5 Å². The van der Waals surface area contributed by atoms with E-state index in [1.54, 1.807) is 0 Å². The summed E-state index contributed by atoms with van der Waals surface area (Å²) in [6, 6.07) is 5.84. The van der Waals surface area contributed by atoms with E-state index in [1.807, 2.05) is 30.0 Å². The van der Waals surface area contributed by atoms with Crippen molar-refractivity contribution in [3.05, 3.63) is 34.7 Å². The average molecular weight is 554 g/mol. The molecule has 0 amide bonds. The lowest BCUT2D eigenvalue weighted by Gasteiger charge is -2.19. The van der Waals surface area contributed by atoms with Crippen LogP contribution in [-0.2, 0) is 6.42 Å². The van der Waals surface area contributed by atoms with Gasteiger partial charge in [0.1, 0.15) is 17.3 Å². The van der Waals surface area contributed by atoms with Gasteiger partial charge in [0.2, 0.25) is 5.82 Å². The number of aromatic carboxylic acids is 1. The number of aromatic nitrogens is 5. The van der Waals surface area contributed by atoms with Gasteiger partial charge in [0.15, 0.2) is 5.16 Å². The number of hydrogen-bond donors (Lipinski definition) is 4. The molecule has 0 aliphatic carbocycles. The van der Waals surface area contributed by atoms with E-state index in [9.17, 15) is 9.90 Å². The van der Waals surface area contributed by atoms with E-state index in [0.717, 1.165) is 59.5 Å². The summed E-state index contributed by atoms with van der Waals surface area (Å²) >= 11 is 8.11. The minimum absolute atomic E-state index is 0.0317. The van der Waals surface area contributed by atoms with Gasteiger partial charge in [0.05, 0.1) is 15.9 Å². The molecule has 4 aromatic rings. The van der Waals surface area contributed by atoms with Crippen molar-refractivity contribution in [1.29, 1.82) is 0 Å². The number of carboxylic acid groups (broad SMARTS) is 1. The predicted molar refractivity (Wildman–Crippen MR) is 149 cm³/mol. The topological polar surface area (TPSA) is 163 Å². The van der Waals surface area contributed by atoms with Crippen LogP contribution in [0.4, 0.5) is 11.6 Å². The first-order chi connectivity index (χ1) is 18.3. The fourth-order valence-electron chi connectivity index (χ4n) is 5.15. The van der Waals surface area contributed by atoms with Crippen LogP contribution in [0, 0.1) is 0 Å². The Bertz CT molecular complexity index is 1560. The number of hydrogen-bond acceptors (Lipinski definition) is 10. The van der Waals surface area contributed by atoms with E-state index in [0.29, 0.717) is 40.3 Å². The van der Waals surface area contributed by atoms with Gasteiger partial charge >= 0.3 is 5.97 Å². The number of halogens is 1. The Morgan fingerprint density at radius 3 is 2.45 bits per heavy atom. The summed E-state index contributed by atoms with van der Waals surface area (Å²) in [5.41, 5.74) is 14.4. The lowest BCUT2D eigenvalue weighted by Crippen LogP contribution is -2.27. The Hall–Kier alpha value is -3.19.